The van der Waals surface area contributed by atoms with Crippen LogP contribution in [0.5, 0.6) is 0 Å². The van der Waals surface area contributed by atoms with Crippen LogP contribution in [-0.2, 0) is 4.74 Å². The Kier molecular flexibility index (Phi) is 6.33. The summed E-state index contributed by atoms with van der Waals surface area (Å²) in [6.07, 6.45) is 7.09. The molecule has 0 aliphatic heterocycles. The molecule has 0 heterocycles. The lowest BCUT2D eigenvalue weighted by Gasteiger charge is -2.29. The molecule has 0 amide bonds. The van der Waals surface area contributed by atoms with E-state index in [1.807, 2.05) is 0 Å². The van der Waals surface area contributed by atoms with E-state index in [0.29, 0.717) is 5.56 Å². The van der Waals surface area contributed by atoms with Gasteiger partial charge in [-0.15, -0.1) is 0 Å². The summed E-state index contributed by atoms with van der Waals surface area (Å²) < 4.78 is 33.6. The van der Waals surface area contributed by atoms with Gasteiger partial charge in [-0.3, -0.25) is 0 Å². The molecule has 0 unspecified atom stereocenters. The van der Waals surface area contributed by atoms with E-state index < -0.39 is 11.6 Å². The van der Waals surface area contributed by atoms with Gasteiger partial charge >= 0.3 is 0 Å². The Balaban J connectivity index is 1.89. The first-order valence-electron chi connectivity index (χ1n) is 8.17. The van der Waals surface area contributed by atoms with Gasteiger partial charge in [-0.05, 0) is 49.7 Å². The molecule has 4 heteroatoms. The molecular formula is C18H23F2NO. The molecular weight excluding hydrogens is 284 g/mol. The van der Waals surface area contributed by atoms with Crippen LogP contribution in [0.2, 0.25) is 0 Å². The first-order chi connectivity index (χ1) is 10.7. The van der Waals surface area contributed by atoms with Crippen molar-refractivity contribution in [3.05, 3.63) is 34.9 Å². The third kappa shape index (κ3) is 4.04. The van der Waals surface area contributed by atoms with E-state index in [9.17, 15) is 8.78 Å². The molecule has 1 aliphatic carbocycles. The molecule has 1 aromatic carbocycles. The molecule has 0 N–H and O–H groups in total. The van der Waals surface area contributed by atoms with E-state index in [-0.39, 0.29) is 17.6 Å². The van der Waals surface area contributed by atoms with Crippen LogP contribution in [0, 0.1) is 23.0 Å². The van der Waals surface area contributed by atoms with Gasteiger partial charge in [0.2, 0.25) is 0 Å². The number of nitriles is 1. The first-order valence-corrected chi connectivity index (χ1v) is 8.17. The topological polar surface area (TPSA) is 33.0 Å². The molecule has 0 aromatic heterocycles. The number of nitrogens with zero attached hydrogens (tertiary/aromatic N) is 1. The molecule has 0 spiro atoms. The molecule has 0 bridgehead atoms. The normalized spacial score (nSPS) is 21.5. The second-order valence-corrected chi connectivity index (χ2v) is 5.99. The zero-order chi connectivity index (χ0) is 15.9. The fourth-order valence-electron chi connectivity index (χ4n) is 3.11. The van der Waals surface area contributed by atoms with Crippen LogP contribution >= 0.6 is 0 Å². The van der Waals surface area contributed by atoms with Gasteiger partial charge in [-0.2, -0.15) is 5.26 Å². The third-order valence-electron chi connectivity index (χ3n) is 4.45. The maximum Gasteiger partial charge on any atom is 0.176 e. The summed E-state index contributed by atoms with van der Waals surface area (Å²) >= 11 is 0. The van der Waals surface area contributed by atoms with Crippen molar-refractivity contribution < 1.29 is 13.5 Å². The van der Waals surface area contributed by atoms with Crippen molar-refractivity contribution in [2.75, 3.05) is 6.61 Å². The lowest BCUT2D eigenvalue weighted by atomic mass is 9.82. The third-order valence-corrected chi connectivity index (χ3v) is 4.45. The average molecular weight is 307 g/mol. The summed E-state index contributed by atoms with van der Waals surface area (Å²) in [4.78, 5) is 0. The predicted octanol–water partition coefficient (Wildman–Crippen LogP) is 5.07. The van der Waals surface area contributed by atoms with Crippen LogP contribution < -0.4 is 0 Å². The van der Waals surface area contributed by atoms with E-state index in [4.69, 9.17) is 10.00 Å². The first kappa shape index (κ1) is 16.9. The molecule has 2 rings (SSSR count). The molecule has 0 atom stereocenters. The largest absolute Gasteiger partial charge is 0.378 e. The SMILES string of the molecule is CCCCCOC1CCC(c2ccc(C#N)c(F)c2F)CC1. The Morgan fingerprint density at radius 1 is 1.14 bits per heavy atom. The van der Waals surface area contributed by atoms with Crippen LogP contribution in [-0.4, -0.2) is 12.7 Å². The molecule has 1 aliphatic rings. The van der Waals surface area contributed by atoms with Crippen molar-refractivity contribution in [3.63, 3.8) is 0 Å². The maximum atomic E-state index is 14.1. The van der Waals surface area contributed by atoms with Crippen LogP contribution in [0.4, 0.5) is 8.78 Å². The Morgan fingerprint density at radius 3 is 2.50 bits per heavy atom. The van der Waals surface area contributed by atoms with E-state index in [2.05, 4.69) is 6.92 Å². The standard InChI is InChI=1S/C18H23F2NO/c1-2-3-4-11-22-15-8-5-13(6-9-15)16-10-7-14(12-21)17(19)18(16)20/h7,10,13,15H,2-6,8-9,11H2,1H3. The molecule has 2 nitrogen and oxygen atoms in total. The Morgan fingerprint density at radius 2 is 1.86 bits per heavy atom. The van der Waals surface area contributed by atoms with E-state index in [1.165, 1.54) is 18.9 Å². The van der Waals surface area contributed by atoms with Crippen molar-refractivity contribution in [1.82, 2.24) is 0 Å². The monoisotopic (exact) mass is 307 g/mol. The highest BCUT2D eigenvalue weighted by Crippen LogP contribution is 2.36. The number of halogens is 2. The van der Waals surface area contributed by atoms with Gasteiger partial charge in [-0.25, -0.2) is 8.78 Å². The molecule has 120 valence electrons. The van der Waals surface area contributed by atoms with Gasteiger partial charge in [0.25, 0.3) is 0 Å². The minimum Gasteiger partial charge on any atom is -0.378 e. The van der Waals surface area contributed by atoms with Crippen molar-refractivity contribution in [2.24, 2.45) is 0 Å². The second-order valence-electron chi connectivity index (χ2n) is 5.99. The lowest BCUT2D eigenvalue weighted by Crippen LogP contribution is -2.22. The fourth-order valence-corrected chi connectivity index (χ4v) is 3.11. The van der Waals surface area contributed by atoms with Gasteiger partial charge in [-0.1, -0.05) is 25.8 Å². The number of hydrogen-bond acceptors (Lipinski definition) is 2. The summed E-state index contributed by atoms with van der Waals surface area (Å²) in [6, 6.07) is 4.61. The number of unbranched alkanes of at least 4 members (excludes halogenated alkanes) is 2. The highest BCUT2D eigenvalue weighted by molar-refractivity contribution is 5.36. The highest BCUT2D eigenvalue weighted by Gasteiger charge is 2.26. The van der Waals surface area contributed by atoms with E-state index >= 15 is 0 Å². The van der Waals surface area contributed by atoms with Crippen LogP contribution in [0.3, 0.4) is 0 Å². The zero-order valence-electron chi connectivity index (χ0n) is 13.1. The molecule has 0 saturated heterocycles. The number of hydrogen-bond donors (Lipinski definition) is 0. The van der Waals surface area contributed by atoms with Crippen LogP contribution in [0.25, 0.3) is 0 Å². The van der Waals surface area contributed by atoms with Crippen molar-refractivity contribution in [2.45, 2.75) is 63.9 Å². The Bertz CT molecular complexity index is 531. The van der Waals surface area contributed by atoms with Crippen LogP contribution in [0.15, 0.2) is 12.1 Å². The van der Waals surface area contributed by atoms with Crippen molar-refractivity contribution in [1.29, 1.82) is 5.26 Å². The highest BCUT2D eigenvalue weighted by atomic mass is 19.2. The van der Waals surface area contributed by atoms with Crippen molar-refractivity contribution in [3.8, 4) is 6.07 Å². The van der Waals surface area contributed by atoms with E-state index in [1.54, 1.807) is 12.1 Å². The quantitative estimate of drug-likeness (QED) is 0.687. The summed E-state index contributed by atoms with van der Waals surface area (Å²) in [5, 5.41) is 8.73. The smallest absolute Gasteiger partial charge is 0.176 e. The van der Waals surface area contributed by atoms with Gasteiger partial charge in [0.05, 0.1) is 11.7 Å². The summed E-state index contributed by atoms with van der Waals surface area (Å²) in [5.41, 5.74) is 0.176. The predicted molar refractivity (Wildman–Crippen MR) is 81.5 cm³/mol. The lowest BCUT2D eigenvalue weighted by molar-refractivity contribution is 0.0225. The molecule has 0 radical (unpaired) electrons. The number of benzene rings is 1. The molecule has 1 saturated carbocycles. The van der Waals surface area contributed by atoms with Crippen LogP contribution in [0.1, 0.15) is 68.9 Å². The zero-order valence-corrected chi connectivity index (χ0v) is 13.1. The Hall–Kier alpha value is -1.47. The van der Waals surface area contributed by atoms with Gasteiger partial charge in [0.15, 0.2) is 11.6 Å². The average Bonchev–Trinajstić information content (AvgIpc) is 2.55. The maximum absolute atomic E-state index is 14.1. The molecule has 1 fully saturated rings. The summed E-state index contributed by atoms with van der Waals surface area (Å²) in [6.45, 7) is 2.96. The number of rotatable bonds is 6. The molecule has 1 aromatic rings. The Labute approximate surface area is 131 Å². The van der Waals surface area contributed by atoms with E-state index in [0.717, 1.165) is 38.7 Å². The summed E-state index contributed by atoms with van der Waals surface area (Å²) in [7, 11) is 0. The minimum absolute atomic E-state index is 0.0257. The van der Waals surface area contributed by atoms with Crippen molar-refractivity contribution >= 4 is 0 Å². The van der Waals surface area contributed by atoms with Gasteiger partial charge in [0.1, 0.15) is 6.07 Å². The number of ether oxygens (including phenoxy) is 1. The van der Waals surface area contributed by atoms with Gasteiger partial charge < -0.3 is 4.74 Å². The summed E-state index contributed by atoms with van der Waals surface area (Å²) in [5.74, 6) is -1.85. The minimum atomic E-state index is -1.02. The fraction of sp³-hybridized carbons (Fsp3) is 0.611. The second kappa shape index (κ2) is 8.24. The molecule has 22 heavy (non-hydrogen) atoms. The van der Waals surface area contributed by atoms with Gasteiger partial charge in [0, 0.05) is 6.61 Å².